The molecule has 2 rings (SSSR count). The number of methoxy groups -OCH3 is 1. The molecule has 0 bridgehead atoms. The van der Waals surface area contributed by atoms with Gasteiger partial charge in [0, 0.05) is 13.2 Å². The molecule has 94 valence electrons. The van der Waals surface area contributed by atoms with E-state index >= 15 is 0 Å². The molecule has 0 aliphatic carbocycles. The molecule has 17 heavy (non-hydrogen) atoms. The fourth-order valence-corrected chi connectivity index (χ4v) is 2.60. The molecule has 0 amide bonds. The second-order valence-electron chi connectivity index (χ2n) is 4.89. The van der Waals surface area contributed by atoms with E-state index in [0.717, 1.165) is 19.1 Å². The molecule has 1 saturated heterocycles. The molecular weight excluding hydrogens is 210 g/mol. The number of ether oxygens (including phenoxy) is 1. The minimum absolute atomic E-state index is 0.722. The highest BCUT2D eigenvalue weighted by Crippen LogP contribution is 2.16. The first-order valence-corrected chi connectivity index (χ1v) is 6.69. The summed E-state index contributed by atoms with van der Waals surface area (Å²) < 4.78 is 5.24. The standard InChI is InChI=1S/C15H23NO/c1-17-12-14-7-3-2-6-13(14)9-10-15-8-4-5-11-16-15/h2-3,6-7,15-16H,4-5,8-12H2,1H3. The van der Waals surface area contributed by atoms with Crippen LogP contribution in [0.1, 0.15) is 36.8 Å². The van der Waals surface area contributed by atoms with E-state index < -0.39 is 0 Å². The lowest BCUT2D eigenvalue weighted by atomic mass is 9.96. The first kappa shape index (κ1) is 12.6. The zero-order chi connectivity index (χ0) is 11.9. The van der Waals surface area contributed by atoms with Crippen molar-refractivity contribution in [3.8, 4) is 0 Å². The van der Waals surface area contributed by atoms with Crippen molar-refractivity contribution >= 4 is 0 Å². The van der Waals surface area contributed by atoms with E-state index in [4.69, 9.17) is 4.74 Å². The summed E-state index contributed by atoms with van der Waals surface area (Å²) in [6.07, 6.45) is 6.48. The van der Waals surface area contributed by atoms with Gasteiger partial charge in [0.2, 0.25) is 0 Å². The zero-order valence-corrected chi connectivity index (χ0v) is 10.7. The Kier molecular flexibility index (Phi) is 5.02. The van der Waals surface area contributed by atoms with Gasteiger partial charge < -0.3 is 10.1 Å². The summed E-state index contributed by atoms with van der Waals surface area (Å²) in [6, 6.07) is 9.35. The van der Waals surface area contributed by atoms with E-state index in [-0.39, 0.29) is 0 Å². The second kappa shape index (κ2) is 6.77. The van der Waals surface area contributed by atoms with Crippen molar-refractivity contribution in [1.29, 1.82) is 0 Å². The topological polar surface area (TPSA) is 21.3 Å². The molecule has 0 aromatic heterocycles. The molecule has 0 radical (unpaired) electrons. The minimum atomic E-state index is 0.722. The van der Waals surface area contributed by atoms with Crippen LogP contribution in [0.5, 0.6) is 0 Å². The third-order valence-corrected chi connectivity index (χ3v) is 3.59. The largest absolute Gasteiger partial charge is 0.380 e. The Morgan fingerprint density at radius 3 is 2.76 bits per heavy atom. The molecule has 1 unspecified atom stereocenters. The average Bonchev–Trinajstić information content (AvgIpc) is 2.39. The third-order valence-electron chi connectivity index (χ3n) is 3.59. The van der Waals surface area contributed by atoms with Crippen LogP contribution < -0.4 is 5.32 Å². The van der Waals surface area contributed by atoms with Crippen LogP contribution in [-0.4, -0.2) is 19.7 Å². The van der Waals surface area contributed by atoms with Crippen molar-refractivity contribution < 1.29 is 4.74 Å². The second-order valence-corrected chi connectivity index (χ2v) is 4.89. The molecule has 2 heteroatoms. The van der Waals surface area contributed by atoms with Crippen molar-refractivity contribution in [3.05, 3.63) is 35.4 Å². The van der Waals surface area contributed by atoms with Crippen LogP contribution in [0.2, 0.25) is 0 Å². The van der Waals surface area contributed by atoms with Gasteiger partial charge in [-0.1, -0.05) is 30.7 Å². The van der Waals surface area contributed by atoms with Gasteiger partial charge in [-0.2, -0.15) is 0 Å². The molecule has 1 fully saturated rings. The molecule has 1 N–H and O–H groups in total. The van der Waals surface area contributed by atoms with Gasteiger partial charge in [0.05, 0.1) is 6.61 Å². The van der Waals surface area contributed by atoms with Gasteiger partial charge in [-0.3, -0.25) is 0 Å². The highest BCUT2D eigenvalue weighted by Gasteiger charge is 2.12. The van der Waals surface area contributed by atoms with Crippen LogP contribution in [0.25, 0.3) is 0 Å². The van der Waals surface area contributed by atoms with Crippen molar-refractivity contribution in [3.63, 3.8) is 0 Å². The number of piperidine rings is 1. The molecular formula is C15H23NO. The fraction of sp³-hybridized carbons (Fsp3) is 0.600. The van der Waals surface area contributed by atoms with Crippen LogP contribution in [0.4, 0.5) is 0 Å². The predicted octanol–water partition coefficient (Wildman–Crippen LogP) is 2.91. The Balaban J connectivity index is 1.88. The minimum Gasteiger partial charge on any atom is -0.380 e. The molecule has 1 heterocycles. The maximum Gasteiger partial charge on any atom is 0.0715 e. The van der Waals surface area contributed by atoms with E-state index in [1.807, 2.05) is 0 Å². The van der Waals surface area contributed by atoms with Crippen LogP contribution in [0.3, 0.4) is 0 Å². The fourth-order valence-electron chi connectivity index (χ4n) is 2.60. The van der Waals surface area contributed by atoms with Crippen molar-refractivity contribution in [2.45, 2.75) is 44.8 Å². The van der Waals surface area contributed by atoms with E-state index in [1.54, 1.807) is 7.11 Å². The molecule has 1 aromatic rings. The first-order valence-electron chi connectivity index (χ1n) is 6.69. The average molecular weight is 233 g/mol. The van der Waals surface area contributed by atoms with Gasteiger partial charge in [0.15, 0.2) is 0 Å². The van der Waals surface area contributed by atoms with Crippen LogP contribution in [0, 0.1) is 0 Å². The Labute approximate surface area is 104 Å². The highest BCUT2D eigenvalue weighted by atomic mass is 16.5. The van der Waals surface area contributed by atoms with Crippen molar-refractivity contribution in [2.75, 3.05) is 13.7 Å². The molecule has 0 spiro atoms. The molecule has 2 nitrogen and oxygen atoms in total. The highest BCUT2D eigenvalue weighted by molar-refractivity contribution is 5.26. The van der Waals surface area contributed by atoms with Gasteiger partial charge in [-0.25, -0.2) is 0 Å². The SMILES string of the molecule is COCc1ccccc1CCC1CCCCN1. The first-order chi connectivity index (χ1) is 8.40. The van der Waals surface area contributed by atoms with Crippen LogP contribution in [0.15, 0.2) is 24.3 Å². The molecule has 1 aliphatic heterocycles. The Morgan fingerprint density at radius 2 is 2.06 bits per heavy atom. The molecule has 1 aliphatic rings. The van der Waals surface area contributed by atoms with E-state index in [1.165, 1.54) is 43.4 Å². The van der Waals surface area contributed by atoms with E-state index in [0.29, 0.717) is 0 Å². The number of aryl methyl sites for hydroxylation is 1. The summed E-state index contributed by atoms with van der Waals surface area (Å²) in [6.45, 7) is 1.93. The lowest BCUT2D eigenvalue weighted by Crippen LogP contribution is -2.34. The maximum absolute atomic E-state index is 5.24. The Bertz CT molecular complexity index is 331. The van der Waals surface area contributed by atoms with E-state index in [9.17, 15) is 0 Å². The number of nitrogens with one attached hydrogen (secondary N) is 1. The molecule has 0 saturated carbocycles. The van der Waals surface area contributed by atoms with Crippen molar-refractivity contribution in [1.82, 2.24) is 5.32 Å². The molecule has 1 aromatic carbocycles. The number of hydrogen-bond donors (Lipinski definition) is 1. The smallest absolute Gasteiger partial charge is 0.0715 e. The Hall–Kier alpha value is -0.860. The van der Waals surface area contributed by atoms with Gasteiger partial charge >= 0.3 is 0 Å². The number of benzene rings is 1. The number of rotatable bonds is 5. The Morgan fingerprint density at radius 1 is 1.24 bits per heavy atom. The summed E-state index contributed by atoms with van der Waals surface area (Å²) in [4.78, 5) is 0. The summed E-state index contributed by atoms with van der Waals surface area (Å²) in [5.41, 5.74) is 2.78. The number of hydrogen-bond acceptors (Lipinski definition) is 2. The summed E-state index contributed by atoms with van der Waals surface area (Å²) in [5.74, 6) is 0. The summed E-state index contributed by atoms with van der Waals surface area (Å²) >= 11 is 0. The van der Waals surface area contributed by atoms with Gasteiger partial charge in [-0.15, -0.1) is 0 Å². The van der Waals surface area contributed by atoms with E-state index in [2.05, 4.69) is 29.6 Å². The third kappa shape index (κ3) is 3.83. The van der Waals surface area contributed by atoms with Gasteiger partial charge in [0.25, 0.3) is 0 Å². The van der Waals surface area contributed by atoms with Crippen LogP contribution in [-0.2, 0) is 17.8 Å². The summed E-state index contributed by atoms with van der Waals surface area (Å²) in [7, 11) is 1.76. The normalized spacial score (nSPS) is 20.4. The van der Waals surface area contributed by atoms with Gasteiger partial charge in [0.1, 0.15) is 0 Å². The zero-order valence-electron chi connectivity index (χ0n) is 10.7. The van der Waals surface area contributed by atoms with Gasteiger partial charge in [-0.05, 0) is 43.4 Å². The maximum atomic E-state index is 5.24. The predicted molar refractivity (Wildman–Crippen MR) is 71.1 cm³/mol. The summed E-state index contributed by atoms with van der Waals surface area (Å²) in [5, 5.41) is 3.61. The molecule has 1 atom stereocenters. The monoisotopic (exact) mass is 233 g/mol. The quantitative estimate of drug-likeness (QED) is 0.844. The lowest BCUT2D eigenvalue weighted by Gasteiger charge is -2.23. The van der Waals surface area contributed by atoms with Crippen molar-refractivity contribution in [2.24, 2.45) is 0 Å². The van der Waals surface area contributed by atoms with Crippen LogP contribution >= 0.6 is 0 Å². The lowest BCUT2D eigenvalue weighted by molar-refractivity contribution is 0.184.